The predicted molar refractivity (Wildman–Crippen MR) is 75.3 cm³/mol. The molecule has 0 aliphatic heterocycles. The number of anilines is 2. The molecule has 1 heterocycles. The molecule has 1 aromatic heterocycles. The maximum absolute atomic E-state index is 9.81. The first kappa shape index (κ1) is 13.5. The van der Waals surface area contributed by atoms with Crippen molar-refractivity contribution in [3.8, 4) is 0 Å². The third kappa shape index (κ3) is 3.10. The van der Waals surface area contributed by atoms with Crippen molar-refractivity contribution in [1.29, 1.82) is 0 Å². The highest BCUT2D eigenvalue weighted by Gasteiger charge is 2.19. The first-order valence-corrected chi connectivity index (χ1v) is 6.07. The summed E-state index contributed by atoms with van der Waals surface area (Å²) in [5.74, 6) is 1.13. The molecule has 19 heavy (non-hydrogen) atoms. The minimum atomic E-state index is -1.19. The molecule has 0 spiro atoms. The molecule has 1 atom stereocenters. The first-order valence-electron chi connectivity index (χ1n) is 6.07. The van der Waals surface area contributed by atoms with E-state index in [2.05, 4.69) is 20.6 Å². The third-order valence-corrected chi connectivity index (χ3v) is 2.80. The lowest BCUT2D eigenvalue weighted by Gasteiger charge is -2.21. The number of aliphatic hydroxyl groups is 2. The largest absolute Gasteiger partial charge is 0.393 e. The van der Waals surface area contributed by atoms with Crippen LogP contribution in [0.4, 0.5) is 11.8 Å². The van der Waals surface area contributed by atoms with E-state index in [1.165, 1.54) is 0 Å². The van der Waals surface area contributed by atoms with Crippen LogP contribution in [0.1, 0.15) is 6.92 Å². The summed E-state index contributed by atoms with van der Waals surface area (Å²) in [6.45, 7) is 1.44. The summed E-state index contributed by atoms with van der Waals surface area (Å²) >= 11 is 0. The van der Waals surface area contributed by atoms with Gasteiger partial charge >= 0.3 is 0 Å². The molecule has 2 aromatic rings. The Morgan fingerprint density at radius 1 is 1.26 bits per heavy atom. The van der Waals surface area contributed by atoms with Crippen LogP contribution in [0.2, 0.25) is 0 Å². The predicted octanol–water partition coefficient (Wildman–Crippen LogP) is 0.827. The molecule has 1 unspecified atom stereocenters. The van der Waals surface area contributed by atoms with E-state index >= 15 is 0 Å². The van der Waals surface area contributed by atoms with Gasteiger partial charge < -0.3 is 20.8 Å². The van der Waals surface area contributed by atoms with E-state index in [9.17, 15) is 5.11 Å². The fourth-order valence-corrected chi connectivity index (χ4v) is 1.65. The van der Waals surface area contributed by atoms with Gasteiger partial charge in [-0.05, 0) is 19.1 Å². The van der Waals surface area contributed by atoms with Crippen LogP contribution >= 0.6 is 0 Å². The van der Waals surface area contributed by atoms with Gasteiger partial charge in [-0.1, -0.05) is 12.1 Å². The van der Waals surface area contributed by atoms with Gasteiger partial charge in [-0.15, -0.1) is 0 Å². The van der Waals surface area contributed by atoms with Gasteiger partial charge in [-0.3, -0.25) is 0 Å². The van der Waals surface area contributed by atoms with E-state index < -0.39 is 5.60 Å². The zero-order chi connectivity index (χ0) is 13.9. The van der Waals surface area contributed by atoms with Crippen LogP contribution in [0, 0.1) is 0 Å². The minimum absolute atomic E-state index is 0.202. The Kier molecular flexibility index (Phi) is 3.82. The summed E-state index contributed by atoms with van der Waals surface area (Å²) in [6, 6.07) is 7.61. The average Bonchev–Trinajstić information content (AvgIpc) is 2.44. The first-order chi connectivity index (χ1) is 9.05. The van der Waals surface area contributed by atoms with Gasteiger partial charge in [0.25, 0.3) is 0 Å². The van der Waals surface area contributed by atoms with Gasteiger partial charge in [0.1, 0.15) is 11.4 Å². The number of para-hydroxylation sites is 1. The number of hydrogen-bond acceptors (Lipinski definition) is 6. The summed E-state index contributed by atoms with van der Waals surface area (Å²) < 4.78 is 0. The summed E-state index contributed by atoms with van der Waals surface area (Å²) in [5, 5.41) is 25.7. The van der Waals surface area contributed by atoms with Crippen molar-refractivity contribution in [2.75, 3.05) is 30.8 Å². The van der Waals surface area contributed by atoms with E-state index in [1.54, 1.807) is 14.0 Å². The Labute approximate surface area is 111 Å². The van der Waals surface area contributed by atoms with Crippen LogP contribution in [0.3, 0.4) is 0 Å². The van der Waals surface area contributed by atoms with Gasteiger partial charge in [0.2, 0.25) is 5.95 Å². The third-order valence-electron chi connectivity index (χ3n) is 2.80. The molecule has 2 rings (SSSR count). The minimum Gasteiger partial charge on any atom is -0.393 e. The molecule has 0 saturated carbocycles. The van der Waals surface area contributed by atoms with Gasteiger partial charge in [-0.2, -0.15) is 4.98 Å². The molecule has 0 saturated heterocycles. The zero-order valence-electron chi connectivity index (χ0n) is 11.0. The van der Waals surface area contributed by atoms with Crippen molar-refractivity contribution < 1.29 is 10.2 Å². The molecule has 6 heteroatoms. The Morgan fingerprint density at radius 3 is 2.68 bits per heavy atom. The zero-order valence-corrected chi connectivity index (χ0v) is 11.0. The fraction of sp³-hybridized carbons (Fsp3) is 0.385. The number of fused-ring (bicyclic) bond motifs is 1. The normalized spacial score (nSPS) is 14.1. The molecule has 6 nitrogen and oxygen atoms in total. The topological polar surface area (TPSA) is 90.3 Å². The highest BCUT2D eigenvalue weighted by molar-refractivity contribution is 5.90. The highest BCUT2D eigenvalue weighted by Crippen LogP contribution is 2.22. The number of aliphatic hydroxyl groups excluding tert-OH is 1. The maximum Gasteiger partial charge on any atom is 0.224 e. The monoisotopic (exact) mass is 262 g/mol. The summed E-state index contributed by atoms with van der Waals surface area (Å²) in [4.78, 5) is 8.68. The molecule has 0 radical (unpaired) electrons. The molecule has 0 aliphatic rings. The Bertz CT molecular complexity index is 572. The lowest BCUT2D eigenvalue weighted by Crippen LogP contribution is -2.37. The quantitative estimate of drug-likeness (QED) is 0.638. The van der Waals surface area contributed by atoms with E-state index in [1.807, 2.05) is 24.3 Å². The molecule has 4 N–H and O–H groups in total. The van der Waals surface area contributed by atoms with Gasteiger partial charge in [-0.25, -0.2) is 4.98 Å². The van der Waals surface area contributed by atoms with Gasteiger partial charge in [0, 0.05) is 19.0 Å². The van der Waals surface area contributed by atoms with Crippen LogP contribution in [-0.2, 0) is 0 Å². The van der Waals surface area contributed by atoms with E-state index in [0.717, 1.165) is 10.9 Å². The van der Waals surface area contributed by atoms with Crippen molar-refractivity contribution >= 4 is 22.7 Å². The molecule has 0 fully saturated rings. The van der Waals surface area contributed by atoms with E-state index in [4.69, 9.17) is 5.11 Å². The van der Waals surface area contributed by atoms with Gasteiger partial charge in [0.15, 0.2) is 0 Å². The van der Waals surface area contributed by atoms with Crippen LogP contribution in [0.25, 0.3) is 10.9 Å². The number of benzene rings is 1. The van der Waals surface area contributed by atoms with Crippen molar-refractivity contribution in [3.63, 3.8) is 0 Å². The molecule has 102 valence electrons. The number of nitrogens with zero attached hydrogens (tertiary/aromatic N) is 2. The van der Waals surface area contributed by atoms with Crippen molar-refractivity contribution in [1.82, 2.24) is 9.97 Å². The number of nitrogens with one attached hydrogen (secondary N) is 2. The Hall–Kier alpha value is -1.92. The molecular weight excluding hydrogens is 244 g/mol. The Balaban J connectivity index is 2.35. The molecule has 0 bridgehead atoms. The molecule has 0 aliphatic carbocycles. The van der Waals surface area contributed by atoms with E-state index in [-0.39, 0.29) is 13.2 Å². The second-order valence-electron chi connectivity index (χ2n) is 4.67. The van der Waals surface area contributed by atoms with Crippen molar-refractivity contribution in [3.05, 3.63) is 24.3 Å². The summed E-state index contributed by atoms with van der Waals surface area (Å²) in [7, 11) is 1.75. The smallest absolute Gasteiger partial charge is 0.224 e. The van der Waals surface area contributed by atoms with Crippen LogP contribution < -0.4 is 10.6 Å². The lowest BCUT2D eigenvalue weighted by molar-refractivity contribution is 0.0132. The van der Waals surface area contributed by atoms with Crippen molar-refractivity contribution in [2.45, 2.75) is 12.5 Å². The van der Waals surface area contributed by atoms with E-state index in [0.29, 0.717) is 11.8 Å². The van der Waals surface area contributed by atoms with Crippen molar-refractivity contribution in [2.24, 2.45) is 0 Å². The maximum atomic E-state index is 9.81. The summed E-state index contributed by atoms with van der Waals surface area (Å²) in [6.07, 6.45) is 0. The molecule has 1 aromatic carbocycles. The summed E-state index contributed by atoms with van der Waals surface area (Å²) in [5.41, 5.74) is -0.376. The van der Waals surface area contributed by atoms with Crippen LogP contribution in [0.5, 0.6) is 0 Å². The number of hydrogen-bond donors (Lipinski definition) is 4. The van der Waals surface area contributed by atoms with Crippen LogP contribution in [-0.4, -0.2) is 46.0 Å². The standard InChI is InChI=1S/C13H18N4O2/c1-13(19,8-18)7-15-11-9-5-3-4-6-10(9)16-12(14-2)17-11/h3-6,18-19H,7-8H2,1-2H3,(H2,14,15,16,17). The average molecular weight is 262 g/mol. The number of aromatic nitrogens is 2. The lowest BCUT2D eigenvalue weighted by atomic mass is 10.1. The van der Waals surface area contributed by atoms with Gasteiger partial charge in [0.05, 0.1) is 12.1 Å². The fourth-order valence-electron chi connectivity index (χ4n) is 1.65. The van der Waals surface area contributed by atoms with Crippen LogP contribution in [0.15, 0.2) is 24.3 Å². The SMILES string of the molecule is CNc1nc(NCC(C)(O)CO)c2ccccc2n1. The second-order valence-corrected chi connectivity index (χ2v) is 4.67. The molecular formula is C13H18N4O2. The number of rotatable bonds is 5. The second kappa shape index (κ2) is 5.38. The Morgan fingerprint density at radius 2 is 2.00 bits per heavy atom. The molecule has 0 amide bonds. The highest BCUT2D eigenvalue weighted by atomic mass is 16.3.